The maximum absolute atomic E-state index is 13.3. The van der Waals surface area contributed by atoms with Gasteiger partial charge in [0.15, 0.2) is 11.5 Å². The number of nitrogens with zero attached hydrogens (tertiary/aromatic N) is 4. The molecule has 37 heavy (non-hydrogen) atoms. The maximum Gasteiger partial charge on any atom is 0.360 e. The minimum atomic E-state index is -3.78. The van der Waals surface area contributed by atoms with E-state index in [1.54, 1.807) is 25.1 Å². The van der Waals surface area contributed by atoms with Gasteiger partial charge >= 0.3 is 5.97 Å². The van der Waals surface area contributed by atoms with Crippen LogP contribution < -0.4 is 10.2 Å². The van der Waals surface area contributed by atoms with Crippen LogP contribution >= 0.6 is 23.2 Å². The summed E-state index contributed by atoms with van der Waals surface area (Å²) in [6.07, 6.45) is 0.493. The molecule has 0 saturated carbocycles. The molecule has 10 nitrogen and oxygen atoms in total. The Kier molecular flexibility index (Phi) is 8.17. The lowest BCUT2D eigenvalue weighted by Gasteiger charge is -2.24. The van der Waals surface area contributed by atoms with Crippen LogP contribution in [-0.2, 0) is 19.6 Å². The second-order valence-corrected chi connectivity index (χ2v) is 11.1. The molecule has 4 rings (SSSR count). The molecule has 1 fully saturated rings. The van der Waals surface area contributed by atoms with Crippen molar-refractivity contribution in [3.8, 4) is 0 Å². The largest absolute Gasteiger partial charge is 0.461 e. The van der Waals surface area contributed by atoms with Crippen LogP contribution in [-0.4, -0.2) is 67.4 Å². The van der Waals surface area contributed by atoms with Crippen LogP contribution in [0.5, 0.6) is 0 Å². The highest BCUT2D eigenvalue weighted by molar-refractivity contribution is 7.89. The summed E-state index contributed by atoms with van der Waals surface area (Å²) in [5.74, 6) is -0.582. The summed E-state index contributed by atoms with van der Waals surface area (Å²) in [5.41, 5.74) is 1.38. The monoisotopic (exact) mass is 565 g/mol. The molecule has 196 valence electrons. The third kappa shape index (κ3) is 5.96. The average Bonchev–Trinajstić information content (AvgIpc) is 3.11. The van der Waals surface area contributed by atoms with E-state index in [2.05, 4.69) is 15.3 Å². The summed E-state index contributed by atoms with van der Waals surface area (Å²) in [4.78, 5) is 35.0. The number of amides is 1. The van der Waals surface area contributed by atoms with Gasteiger partial charge in [0.25, 0.3) is 0 Å². The molecule has 0 unspecified atom stereocenters. The van der Waals surface area contributed by atoms with Crippen LogP contribution in [0.3, 0.4) is 0 Å². The van der Waals surface area contributed by atoms with E-state index in [0.29, 0.717) is 40.5 Å². The van der Waals surface area contributed by atoms with Crippen LogP contribution in [0, 0.1) is 0 Å². The Bertz CT molecular complexity index is 1450. The van der Waals surface area contributed by atoms with E-state index in [-0.39, 0.29) is 47.8 Å². The number of hydrogen-bond acceptors (Lipinski definition) is 8. The van der Waals surface area contributed by atoms with E-state index in [4.69, 9.17) is 27.9 Å². The van der Waals surface area contributed by atoms with E-state index in [1.807, 2.05) is 4.90 Å². The first-order valence-electron chi connectivity index (χ1n) is 11.6. The van der Waals surface area contributed by atoms with E-state index >= 15 is 0 Å². The van der Waals surface area contributed by atoms with E-state index < -0.39 is 16.0 Å². The Morgan fingerprint density at radius 1 is 1.00 bits per heavy atom. The quantitative estimate of drug-likeness (QED) is 0.445. The van der Waals surface area contributed by atoms with Gasteiger partial charge in [-0.15, -0.1) is 0 Å². The van der Waals surface area contributed by atoms with Crippen molar-refractivity contribution in [3.05, 3.63) is 52.1 Å². The van der Waals surface area contributed by atoms with Crippen molar-refractivity contribution >= 4 is 67.6 Å². The molecule has 0 aliphatic carbocycles. The van der Waals surface area contributed by atoms with Gasteiger partial charge in [-0.2, -0.15) is 4.31 Å². The number of anilines is 2. The summed E-state index contributed by atoms with van der Waals surface area (Å²) >= 11 is 12.3. The van der Waals surface area contributed by atoms with Crippen molar-refractivity contribution in [2.45, 2.75) is 25.2 Å². The summed E-state index contributed by atoms with van der Waals surface area (Å²) in [5, 5.41) is 3.21. The maximum atomic E-state index is 13.3. The number of fused-ring (bicyclic) bond motifs is 1. The van der Waals surface area contributed by atoms with Gasteiger partial charge in [0.2, 0.25) is 15.9 Å². The van der Waals surface area contributed by atoms with Crippen molar-refractivity contribution in [1.82, 2.24) is 14.3 Å². The van der Waals surface area contributed by atoms with E-state index in [9.17, 15) is 18.0 Å². The van der Waals surface area contributed by atoms with E-state index in [1.165, 1.54) is 29.4 Å². The second kappa shape index (κ2) is 11.2. The zero-order valence-electron chi connectivity index (χ0n) is 20.2. The Balaban J connectivity index is 1.62. The molecule has 0 radical (unpaired) electrons. The molecule has 13 heteroatoms. The lowest BCUT2D eigenvalue weighted by Crippen LogP contribution is -2.36. The van der Waals surface area contributed by atoms with Gasteiger partial charge in [-0.1, -0.05) is 23.2 Å². The van der Waals surface area contributed by atoms with Crippen LogP contribution in [0.25, 0.3) is 11.0 Å². The number of carbonyl (C=O) groups excluding carboxylic acids is 2. The first-order valence-corrected chi connectivity index (χ1v) is 13.8. The van der Waals surface area contributed by atoms with Crippen LogP contribution in [0.2, 0.25) is 10.0 Å². The number of sulfonamides is 1. The number of esters is 1. The first-order chi connectivity index (χ1) is 17.6. The zero-order chi connectivity index (χ0) is 26.7. The number of aromatic nitrogens is 2. The number of nitrogens with one attached hydrogen (secondary N) is 1. The Morgan fingerprint density at radius 2 is 1.65 bits per heavy atom. The highest BCUT2D eigenvalue weighted by Gasteiger charge is 2.30. The Labute approximate surface area is 224 Å². The molecule has 1 aliphatic heterocycles. The van der Waals surface area contributed by atoms with Gasteiger partial charge in [0.1, 0.15) is 0 Å². The van der Waals surface area contributed by atoms with Crippen molar-refractivity contribution in [2.24, 2.45) is 0 Å². The normalized spacial score (nSPS) is 14.9. The summed E-state index contributed by atoms with van der Waals surface area (Å²) < 4.78 is 33.2. The van der Waals surface area contributed by atoms with Gasteiger partial charge in [-0.3, -0.25) is 4.79 Å². The molecule has 1 aromatic heterocycles. The van der Waals surface area contributed by atoms with Gasteiger partial charge in [-0.05, 0) is 49.7 Å². The Morgan fingerprint density at radius 3 is 2.27 bits per heavy atom. The van der Waals surface area contributed by atoms with Crippen molar-refractivity contribution < 1.29 is 22.7 Å². The number of ether oxygens (including phenoxy) is 1. The molecular weight excluding hydrogens is 541 g/mol. The number of rotatable bonds is 6. The molecule has 0 atom stereocenters. The number of benzene rings is 2. The van der Waals surface area contributed by atoms with Crippen LogP contribution in [0.4, 0.5) is 11.5 Å². The Hall–Kier alpha value is -2.99. The molecule has 3 aromatic rings. The highest BCUT2D eigenvalue weighted by Crippen LogP contribution is 2.30. The average molecular weight is 566 g/mol. The number of carbonyl (C=O) groups is 2. The first kappa shape index (κ1) is 27.1. The lowest BCUT2D eigenvalue weighted by molar-refractivity contribution is -0.114. The number of halogens is 2. The summed E-state index contributed by atoms with van der Waals surface area (Å²) in [7, 11) is -3.78. The topological polar surface area (TPSA) is 122 Å². The van der Waals surface area contributed by atoms with Gasteiger partial charge in [0, 0.05) is 38.8 Å². The minimum Gasteiger partial charge on any atom is -0.461 e. The molecular formula is C24H25Cl2N5O5S. The predicted molar refractivity (Wildman–Crippen MR) is 142 cm³/mol. The zero-order valence-corrected chi connectivity index (χ0v) is 22.5. The summed E-state index contributed by atoms with van der Waals surface area (Å²) in [6.45, 7) is 4.40. The van der Waals surface area contributed by atoms with Crippen molar-refractivity contribution in [1.29, 1.82) is 0 Å². The SMILES string of the molecule is CCOC(=O)c1nc2cc(Cl)c(Cl)cc2nc1N1CCCN(S(=O)(=O)c2ccc(NC(C)=O)cc2)CC1. The van der Waals surface area contributed by atoms with Crippen molar-refractivity contribution in [3.63, 3.8) is 0 Å². The molecule has 0 bridgehead atoms. The van der Waals surface area contributed by atoms with Gasteiger partial charge in [0.05, 0.1) is 32.6 Å². The van der Waals surface area contributed by atoms with Gasteiger partial charge < -0.3 is 15.0 Å². The fraction of sp³-hybridized carbons (Fsp3) is 0.333. The number of hydrogen-bond donors (Lipinski definition) is 1. The van der Waals surface area contributed by atoms with E-state index in [0.717, 1.165) is 0 Å². The van der Waals surface area contributed by atoms with Crippen LogP contribution in [0.15, 0.2) is 41.3 Å². The van der Waals surface area contributed by atoms with Gasteiger partial charge in [-0.25, -0.2) is 23.2 Å². The summed E-state index contributed by atoms with van der Waals surface area (Å²) in [6, 6.07) is 9.13. The molecule has 1 aliphatic rings. The standard InChI is InChI=1S/C24H25Cl2N5O5S/c1-3-36-24(33)22-23(29-21-14-19(26)18(25)13-20(21)28-22)30-9-4-10-31(12-11-30)37(34,35)17-7-5-16(6-8-17)27-15(2)32/h5-8,13-14H,3-4,9-12H2,1-2H3,(H,27,32). The molecule has 0 spiro atoms. The second-order valence-electron chi connectivity index (χ2n) is 8.32. The smallest absolute Gasteiger partial charge is 0.360 e. The molecule has 1 saturated heterocycles. The predicted octanol–water partition coefficient (Wildman–Crippen LogP) is 3.97. The fourth-order valence-electron chi connectivity index (χ4n) is 4.01. The molecule has 2 heterocycles. The van der Waals surface area contributed by atoms with Crippen molar-refractivity contribution in [2.75, 3.05) is 43.0 Å². The van der Waals surface area contributed by atoms with Crippen LogP contribution in [0.1, 0.15) is 30.8 Å². The third-order valence-electron chi connectivity index (χ3n) is 5.72. The molecule has 1 N–H and O–H groups in total. The fourth-order valence-corrected chi connectivity index (χ4v) is 5.79. The lowest BCUT2D eigenvalue weighted by atomic mass is 10.2. The minimum absolute atomic E-state index is 0.0256. The third-order valence-corrected chi connectivity index (χ3v) is 8.36. The molecule has 2 aromatic carbocycles. The molecule has 1 amide bonds. The highest BCUT2D eigenvalue weighted by atomic mass is 35.5.